The van der Waals surface area contributed by atoms with Crippen LogP contribution in [0.2, 0.25) is 0 Å². The van der Waals surface area contributed by atoms with Gasteiger partial charge in [-0.3, -0.25) is 4.79 Å². The van der Waals surface area contributed by atoms with E-state index in [-0.39, 0.29) is 17.5 Å². The zero-order valence-corrected chi connectivity index (χ0v) is 7.94. The molecule has 0 atom stereocenters. The third-order valence-corrected chi connectivity index (χ3v) is 1.84. The molecule has 0 fully saturated rings. The summed E-state index contributed by atoms with van der Waals surface area (Å²) in [5, 5.41) is 0. The van der Waals surface area contributed by atoms with Crippen molar-refractivity contribution >= 4 is 6.29 Å². The van der Waals surface area contributed by atoms with Gasteiger partial charge in [0.2, 0.25) is 5.82 Å². The zero-order valence-electron chi connectivity index (χ0n) is 7.94. The lowest BCUT2D eigenvalue weighted by atomic mass is 10.3. The van der Waals surface area contributed by atoms with Crippen LogP contribution < -0.4 is 4.74 Å². The van der Waals surface area contributed by atoms with Crippen molar-refractivity contribution in [2.45, 2.75) is 0 Å². The van der Waals surface area contributed by atoms with E-state index >= 15 is 0 Å². The number of aldehydes is 1. The van der Waals surface area contributed by atoms with Gasteiger partial charge in [-0.1, -0.05) is 6.07 Å². The molecule has 82 valence electrons. The Balaban J connectivity index is 2.26. The van der Waals surface area contributed by atoms with Crippen LogP contribution in [0.3, 0.4) is 0 Å². The number of hydrogen-bond donors (Lipinski definition) is 0. The molecule has 0 bridgehead atoms. The highest BCUT2D eigenvalue weighted by Gasteiger charge is 2.11. The Hall–Kier alpha value is -2.17. The first-order valence-electron chi connectivity index (χ1n) is 4.37. The van der Waals surface area contributed by atoms with E-state index < -0.39 is 11.6 Å². The van der Waals surface area contributed by atoms with E-state index in [1.54, 1.807) is 0 Å². The number of furan rings is 1. The van der Waals surface area contributed by atoms with Crippen molar-refractivity contribution in [1.29, 1.82) is 0 Å². The van der Waals surface area contributed by atoms with E-state index in [0.29, 0.717) is 6.29 Å². The fourth-order valence-corrected chi connectivity index (χ4v) is 1.12. The number of carbonyl (C=O) groups is 1. The molecule has 1 aromatic carbocycles. The molecule has 0 aliphatic heterocycles. The monoisotopic (exact) mass is 224 g/mol. The van der Waals surface area contributed by atoms with Crippen LogP contribution in [0.1, 0.15) is 10.6 Å². The Bertz CT molecular complexity index is 520. The lowest BCUT2D eigenvalue weighted by Gasteiger charge is -2.03. The highest BCUT2D eigenvalue weighted by molar-refractivity contribution is 5.70. The van der Waals surface area contributed by atoms with Gasteiger partial charge in [-0.15, -0.1) is 0 Å². The van der Waals surface area contributed by atoms with Gasteiger partial charge in [-0.2, -0.15) is 4.39 Å². The van der Waals surface area contributed by atoms with Gasteiger partial charge in [-0.05, 0) is 18.2 Å². The summed E-state index contributed by atoms with van der Waals surface area (Å²) in [6.07, 6.45) is 0.481. The number of carbonyl (C=O) groups excluding carboxylic acids is 1. The number of halogens is 2. The Labute approximate surface area is 89.3 Å². The Morgan fingerprint density at radius 1 is 1.19 bits per heavy atom. The molecule has 3 nitrogen and oxygen atoms in total. The maximum absolute atomic E-state index is 13.2. The molecule has 0 radical (unpaired) electrons. The minimum Gasteiger partial charge on any atom is -0.423 e. The van der Waals surface area contributed by atoms with Crippen molar-refractivity contribution in [3.05, 3.63) is 47.7 Å². The van der Waals surface area contributed by atoms with E-state index in [4.69, 9.17) is 9.15 Å². The lowest BCUT2D eigenvalue weighted by Crippen LogP contribution is -1.90. The quantitative estimate of drug-likeness (QED) is 0.751. The van der Waals surface area contributed by atoms with Crippen LogP contribution >= 0.6 is 0 Å². The molecular weight excluding hydrogens is 218 g/mol. The normalized spacial score (nSPS) is 10.1. The molecule has 0 unspecified atom stereocenters. The zero-order chi connectivity index (χ0) is 11.5. The summed E-state index contributed by atoms with van der Waals surface area (Å²) >= 11 is 0. The van der Waals surface area contributed by atoms with Crippen LogP contribution in [0.25, 0.3) is 0 Å². The van der Waals surface area contributed by atoms with Gasteiger partial charge >= 0.3 is 0 Å². The first-order chi connectivity index (χ1) is 7.70. The fourth-order valence-electron chi connectivity index (χ4n) is 1.12. The Kier molecular flexibility index (Phi) is 2.68. The second kappa shape index (κ2) is 4.14. The van der Waals surface area contributed by atoms with Crippen molar-refractivity contribution in [2.24, 2.45) is 0 Å². The van der Waals surface area contributed by atoms with Crippen molar-refractivity contribution in [3.8, 4) is 11.7 Å². The minimum absolute atomic E-state index is 0.0480. The summed E-state index contributed by atoms with van der Waals surface area (Å²) in [6.45, 7) is 0. The van der Waals surface area contributed by atoms with Crippen molar-refractivity contribution < 1.29 is 22.7 Å². The van der Waals surface area contributed by atoms with E-state index in [9.17, 15) is 13.6 Å². The molecule has 5 heteroatoms. The second-order valence-electron chi connectivity index (χ2n) is 2.93. The molecule has 0 N–H and O–H groups in total. The van der Waals surface area contributed by atoms with E-state index in [1.807, 2.05) is 0 Å². The predicted octanol–water partition coefficient (Wildman–Crippen LogP) is 3.16. The summed E-state index contributed by atoms with van der Waals surface area (Å²) in [4.78, 5) is 10.3. The number of hydrogen-bond acceptors (Lipinski definition) is 3. The molecule has 0 spiro atoms. The van der Waals surface area contributed by atoms with Gasteiger partial charge in [-0.25, -0.2) is 4.39 Å². The topological polar surface area (TPSA) is 39.4 Å². The second-order valence-corrected chi connectivity index (χ2v) is 2.93. The molecular formula is C11H6F2O3. The third kappa shape index (κ3) is 1.93. The van der Waals surface area contributed by atoms with E-state index in [1.165, 1.54) is 24.3 Å². The predicted molar refractivity (Wildman–Crippen MR) is 50.5 cm³/mol. The van der Waals surface area contributed by atoms with Crippen LogP contribution in [0.5, 0.6) is 11.7 Å². The van der Waals surface area contributed by atoms with Gasteiger partial charge in [0.15, 0.2) is 23.6 Å². The number of ether oxygens (including phenoxy) is 1. The average Bonchev–Trinajstić information content (AvgIpc) is 2.73. The summed E-state index contributed by atoms with van der Waals surface area (Å²) < 4.78 is 35.8. The highest BCUT2D eigenvalue weighted by atomic mass is 19.2. The molecule has 2 aromatic rings. The highest BCUT2D eigenvalue weighted by Crippen LogP contribution is 2.26. The van der Waals surface area contributed by atoms with Crippen molar-refractivity contribution in [3.63, 3.8) is 0 Å². The molecule has 0 saturated heterocycles. The van der Waals surface area contributed by atoms with E-state index in [2.05, 4.69) is 0 Å². The van der Waals surface area contributed by atoms with E-state index in [0.717, 1.165) is 6.07 Å². The molecule has 0 aliphatic carbocycles. The van der Waals surface area contributed by atoms with Crippen LogP contribution in [0.15, 0.2) is 34.7 Å². The van der Waals surface area contributed by atoms with Crippen LogP contribution in [-0.4, -0.2) is 6.29 Å². The fraction of sp³-hybridized carbons (Fsp3) is 0. The maximum atomic E-state index is 13.2. The lowest BCUT2D eigenvalue weighted by molar-refractivity contribution is 0.109. The first kappa shape index (κ1) is 10.4. The van der Waals surface area contributed by atoms with Crippen LogP contribution in [0, 0.1) is 11.6 Å². The summed E-state index contributed by atoms with van der Waals surface area (Å²) in [7, 11) is 0. The largest absolute Gasteiger partial charge is 0.423 e. The standard InChI is InChI=1S/C11H6F2O3/c12-8-2-1-3-9(11(8)13)16-10-5-4-7(6-14)15-10/h1-6H. The molecule has 1 heterocycles. The smallest absolute Gasteiger partial charge is 0.290 e. The molecule has 0 amide bonds. The van der Waals surface area contributed by atoms with Crippen molar-refractivity contribution in [1.82, 2.24) is 0 Å². The van der Waals surface area contributed by atoms with Gasteiger partial charge in [0, 0.05) is 6.07 Å². The number of benzene rings is 1. The Morgan fingerprint density at radius 2 is 2.00 bits per heavy atom. The van der Waals surface area contributed by atoms with Gasteiger partial charge in [0.1, 0.15) is 0 Å². The average molecular weight is 224 g/mol. The van der Waals surface area contributed by atoms with Gasteiger partial charge in [0.05, 0.1) is 0 Å². The van der Waals surface area contributed by atoms with Gasteiger partial charge in [0.25, 0.3) is 5.95 Å². The summed E-state index contributed by atoms with van der Waals surface area (Å²) in [6, 6.07) is 6.23. The maximum Gasteiger partial charge on any atom is 0.290 e. The van der Waals surface area contributed by atoms with Crippen LogP contribution in [0.4, 0.5) is 8.78 Å². The molecule has 16 heavy (non-hydrogen) atoms. The van der Waals surface area contributed by atoms with Crippen molar-refractivity contribution in [2.75, 3.05) is 0 Å². The molecule has 0 aliphatic rings. The minimum atomic E-state index is -1.11. The summed E-state index contributed by atoms with van der Waals surface area (Å²) in [5.41, 5.74) is 0. The van der Waals surface area contributed by atoms with Crippen LogP contribution in [-0.2, 0) is 0 Å². The third-order valence-electron chi connectivity index (χ3n) is 1.84. The first-order valence-corrected chi connectivity index (χ1v) is 4.37. The molecule has 2 rings (SSSR count). The van der Waals surface area contributed by atoms with Gasteiger partial charge < -0.3 is 9.15 Å². The Morgan fingerprint density at radius 3 is 2.69 bits per heavy atom. The molecule has 1 aromatic heterocycles. The summed E-state index contributed by atoms with van der Waals surface area (Å²) in [5.74, 6) is -2.45. The number of rotatable bonds is 3. The molecule has 0 saturated carbocycles. The SMILES string of the molecule is O=Cc1ccc(Oc2cccc(F)c2F)o1.